The van der Waals surface area contributed by atoms with Crippen molar-refractivity contribution >= 4 is 17.7 Å². The van der Waals surface area contributed by atoms with Crippen LogP contribution in [0, 0.1) is 10.7 Å². The molecule has 0 spiro atoms. The van der Waals surface area contributed by atoms with Crippen LogP contribution in [-0.4, -0.2) is 12.6 Å². The van der Waals surface area contributed by atoms with Crippen LogP contribution in [0.1, 0.15) is 12.5 Å². The molecule has 0 aromatic heterocycles. The predicted octanol–water partition coefficient (Wildman–Crippen LogP) is 2.37. The number of nitrogens with zero attached hydrogens (tertiary/aromatic N) is 1. The fourth-order valence-corrected chi connectivity index (χ4v) is 1.48. The maximum absolute atomic E-state index is 11.1. The number of carbonyl (C=O) groups is 1. The number of thioether (sulfide) groups is 1. The second-order valence-electron chi connectivity index (χ2n) is 2.82. The Balaban J connectivity index is 2.57. The largest absolute Gasteiger partial charge is 0.466 e. The summed E-state index contributed by atoms with van der Waals surface area (Å²) in [4.78, 5) is 12.0. The van der Waals surface area contributed by atoms with Crippen molar-refractivity contribution in [2.45, 2.75) is 18.2 Å². The Morgan fingerprint density at radius 1 is 1.47 bits per heavy atom. The van der Waals surface area contributed by atoms with Gasteiger partial charge < -0.3 is 4.74 Å². The van der Waals surface area contributed by atoms with Crippen molar-refractivity contribution < 1.29 is 9.53 Å². The zero-order valence-corrected chi connectivity index (χ0v) is 9.21. The second kappa shape index (κ2) is 6.10. The molecule has 0 bridgehead atoms. The first-order valence-electron chi connectivity index (χ1n) is 4.56. The van der Waals surface area contributed by atoms with Gasteiger partial charge in [0.25, 0.3) is 0 Å². The van der Waals surface area contributed by atoms with Crippen LogP contribution in [-0.2, 0) is 16.0 Å². The van der Waals surface area contributed by atoms with Crippen molar-refractivity contribution in [2.24, 2.45) is 0 Å². The Morgan fingerprint density at radius 3 is 2.67 bits per heavy atom. The lowest BCUT2D eigenvalue weighted by atomic mass is 10.1. The Hall–Kier alpha value is -1.47. The second-order valence-corrected chi connectivity index (χ2v) is 3.68. The molecule has 78 valence electrons. The Kier molecular flexibility index (Phi) is 4.72. The Morgan fingerprint density at radius 2 is 2.13 bits per heavy atom. The standard InChI is InChI=1S/C11H11NO2S/c1-2-14-11(13)7-9-3-5-10(6-4-9)15-8-12/h3-6H,2,7H2,1H3. The minimum absolute atomic E-state index is 0.224. The summed E-state index contributed by atoms with van der Waals surface area (Å²) < 4.78 is 4.83. The van der Waals surface area contributed by atoms with E-state index in [0.29, 0.717) is 6.61 Å². The third kappa shape index (κ3) is 4.05. The van der Waals surface area contributed by atoms with Crippen LogP contribution in [0.25, 0.3) is 0 Å². The lowest BCUT2D eigenvalue weighted by Crippen LogP contribution is -2.07. The first kappa shape index (κ1) is 11.6. The topological polar surface area (TPSA) is 50.1 Å². The number of ether oxygens (including phenoxy) is 1. The van der Waals surface area contributed by atoms with Gasteiger partial charge in [-0.3, -0.25) is 4.79 Å². The summed E-state index contributed by atoms with van der Waals surface area (Å²) in [6, 6.07) is 7.30. The maximum atomic E-state index is 11.1. The zero-order chi connectivity index (χ0) is 11.1. The number of benzene rings is 1. The molecule has 0 saturated heterocycles. The molecule has 1 aromatic carbocycles. The lowest BCUT2D eigenvalue weighted by Gasteiger charge is -2.02. The SMILES string of the molecule is CCOC(=O)Cc1ccc(SC#N)cc1. The van der Waals surface area contributed by atoms with Gasteiger partial charge in [-0.15, -0.1) is 0 Å². The van der Waals surface area contributed by atoms with Crippen molar-refractivity contribution in [1.82, 2.24) is 0 Å². The molecule has 1 rings (SSSR count). The molecule has 0 saturated carbocycles. The molecule has 0 fully saturated rings. The number of hydrogen-bond acceptors (Lipinski definition) is 4. The van der Waals surface area contributed by atoms with Crippen LogP contribution < -0.4 is 0 Å². The van der Waals surface area contributed by atoms with Gasteiger partial charge in [0.15, 0.2) is 0 Å². The number of nitriles is 1. The highest BCUT2D eigenvalue weighted by molar-refractivity contribution is 8.03. The van der Waals surface area contributed by atoms with Crippen molar-refractivity contribution in [3.8, 4) is 5.40 Å². The molecule has 0 aliphatic heterocycles. The molecule has 0 radical (unpaired) electrons. The predicted molar refractivity (Wildman–Crippen MR) is 58.2 cm³/mol. The fourth-order valence-electron chi connectivity index (χ4n) is 1.11. The summed E-state index contributed by atoms with van der Waals surface area (Å²) in [5.74, 6) is -0.224. The van der Waals surface area contributed by atoms with E-state index in [0.717, 1.165) is 22.2 Å². The van der Waals surface area contributed by atoms with Crippen LogP contribution in [0.4, 0.5) is 0 Å². The molecule has 0 aliphatic rings. The van der Waals surface area contributed by atoms with Crippen molar-refractivity contribution in [2.75, 3.05) is 6.61 Å². The van der Waals surface area contributed by atoms with Crippen LogP contribution in [0.2, 0.25) is 0 Å². The number of hydrogen-bond donors (Lipinski definition) is 0. The van der Waals surface area contributed by atoms with Gasteiger partial charge in [0.05, 0.1) is 13.0 Å². The number of thiocyanates is 1. The molecule has 4 heteroatoms. The van der Waals surface area contributed by atoms with E-state index in [2.05, 4.69) is 0 Å². The van der Waals surface area contributed by atoms with E-state index >= 15 is 0 Å². The molecular formula is C11H11NO2S. The minimum Gasteiger partial charge on any atom is -0.466 e. The van der Waals surface area contributed by atoms with E-state index in [1.807, 2.05) is 29.7 Å². The van der Waals surface area contributed by atoms with Gasteiger partial charge in [0.2, 0.25) is 0 Å². The highest BCUT2D eigenvalue weighted by Crippen LogP contribution is 2.16. The molecule has 0 amide bonds. The van der Waals surface area contributed by atoms with Gasteiger partial charge in [-0.2, -0.15) is 5.26 Å². The molecule has 0 heterocycles. The zero-order valence-electron chi connectivity index (χ0n) is 8.40. The van der Waals surface area contributed by atoms with Crippen LogP contribution >= 0.6 is 11.8 Å². The molecule has 0 unspecified atom stereocenters. The van der Waals surface area contributed by atoms with Gasteiger partial charge in [0.1, 0.15) is 5.40 Å². The van der Waals surface area contributed by atoms with Crippen LogP contribution in [0.3, 0.4) is 0 Å². The highest BCUT2D eigenvalue weighted by Gasteiger charge is 2.03. The van der Waals surface area contributed by atoms with Crippen molar-refractivity contribution in [1.29, 1.82) is 5.26 Å². The minimum atomic E-state index is -0.224. The summed E-state index contributed by atoms with van der Waals surface area (Å²) in [6.45, 7) is 2.19. The van der Waals surface area contributed by atoms with E-state index < -0.39 is 0 Å². The first-order chi connectivity index (χ1) is 7.26. The van der Waals surface area contributed by atoms with E-state index in [9.17, 15) is 4.79 Å². The molecule has 15 heavy (non-hydrogen) atoms. The first-order valence-corrected chi connectivity index (χ1v) is 5.38. The molecule has 0 atom stereocenters. The van der Waals surface area contributed by atoms with E-state index in [1.54, 1.807) is 6.92 Å². The molecule has 0 aliphatic carbocycles. The third-order valence-electron chi connectivity index (χ3n) is 1.74. The van der Waals surface area contributed by atoms with Crippen molar-refractivity contribution in [3.05, 3.63) is 29.8 Å². The van der Waals surface area contributed by atoms with Crippen LogP contribution in [0.5, 0.6) is 0 Å². The summed E-state index contributed by atoms with van der Waals surface area (Å²) in [7, 11) is 0. The Bertz CT molecular complexity index is 367. The normalized spacial score (nSPS) is 9.33. The quantitative estimate of drug-likeness (QED) is 0.445. The summed E-state index contributed by atoms with van der Waals surface area (Å²) in [5.41, 5.74) is 0.899. The molecule has 0 N–H and O–H groups in total. The highest BCUT2D eigenvalue weighted by atomic mass is 32.2. The molecule has 1 aromatic rings. The van der Waals surface area contributed by atoms with E-state index in [1.165, 1.54) is 0 Å². The molecular weight excluding hydrogens is 210 g/mol. The smallest absolute Gasteiger partial charge is 0.310 e. The average molecular weight is 221 g/mol. The van der Waals surface area contributed by atoms with Gasteiger partial charge >= 0.3 is 5.97 Å². The monoisotopic (exact) mass is 221 g/mol. The average Bonchev–Trinajstić information content (AvgIpc) is 2.22. The van der Waals surface area contributed by atoms with Gasteiger partial charge in [-0.1, -0.05) is 12.1 Å². The summed E-state index contributed by atoms with van der Waals surface area (Å²) in [5, 5.41) is 10.4. The number of carbonyl (C=O) groups excluding carboxylic acids is 1. The molecule has 3 nitrogen and oxygen atoms in total. The van der Waals surface area contributed by atoms with Gasteiger partial charge in [0, 0.05) is 4.90 Å². The van der Waals surface area contributed by atoms with Crippen molar-refractivity contribution in [3.63, 3.8) is 0 Å². The van der Waals surface area contributed by atoms with Crippen LogP contribution in [0.15, 0.2) is 29.2 Å². The Labute approximate surface area is 93.0 Å². The third-order valence-corrected chi connectivity index (χ3v) is 2.34. The summed E-state index contributed by atoms with van der Waals surface area (Å²) >= 11 is 1.10. The fraction of sp³-hybridized carbons (Fsp3) is 0.273. The van der Waals surface area contributed by atoms with E-state index in [4.69, 9.17) is 10.00 Å². The van der Waals surface area contributed by atoms with Gasteiger partial charge in [-0.05, 0) is 36.4 Å². The maximum Gasteiger partial charge on any atom is 0.310 e. The van der Waals surface area contributed by atoms with Gasteiger partial charge in [-0.25, -0.2) is 0 Å². The summed E-state index contributed by atoms with van der Waals surface area (Å²) in [6.07, 6.45) is 0.283. The number of esters is 1. The van der Waals surface area contributed by atoms with E-state index in [-0.39, 0.29) is 12.4 Å². The number of rotatable bonds is 4. The lowest BCUT2D eigenvalue weighted by molar-refractivity contribution is -0.142.